The molecule has 1 N–H and O–H groups in total. The highest BCUT2D eigenvalue weighted by atomic mass is 19.1. The Balaban J connectivity index is 1.56. The van der Waals surface area contributed by atoms with Crippen LogP contribution in [0.25, 0.3) is 0 Å². The molecule has 0 aromatic heterocycles. The molecular formula is C16H22FNO. The second kappa shape index (κ2) is 5.91. The normalized spacial score (nSPS) is 23.3. The Morgan fingerprint density at radius 3 is 2.74 bits per heavy atom. The van der Waals surface area contributed by atoms with Crippen LogP contribution in [-0.2, 0) is 6.42 Å². The first kappa shape index (κ1) is 12.9. The van der Waals surface area contributed by atoms with Crippen molar-refractivity contribution in [3.8, 4) is 5.75 Å². The molecule has 104 valence electrons. The van der Waals surface area contributed by atoms with E-state index >= 15 is 0 Å². The van der Waals surface area contributed by atoms with E-state index in [0.717, 1.165) is 18.5 Å². The van der Waals surface area contributed by atoms with Crippen LogP contribution in [0.15, 0.2) is 18.2 Å². The molecule has 1 atom stereocenters. The average molecular weight is 263 g/mol. The lowest BCUT2D eigenvalue weighted by molar-refractivity contribution is 0.175. The molecule has 1 heterocycles. The maximum absolute atomic E-state index is 14.0. The van der Waals surface area contributed by atoms with E-state index in [0.29, 0.717) is 24.3 Å². The average Bonchev–Trinajstić information content (AvgIpc) is 2.82. The van der Waals surface area contributed by atoms with E-state index in [1.165, 1.54) is 32.1 Å². The standard InChI is InChI=1S/C16H22FNO/c17-15-10-13(9-14-5-2-8-18-14)6-7-16(15)19-11-12-3-1-4-12/h6-7,10,12,14,18H,1-5,8-9,11H2. The van der Waals surface area contributed by atoms with E-state index < -0.39 is 0 Å². The van der Waals surface area contributed by atoms with Crippen LogP contribution in [-0.4, -0.2) is 19.2 Å². The van der Waals surface area contributed by atoms with E-state index in [4.69, 9.17) is 4.74 Å². The number of rotatable bonds is 5. The lowest BCUT2D eigenvalue weighted by Gasteiger charge is -2.25. The Bertz CT molecular complexity index is 425. The summed E-state index contributed by atoms with van der Waals surface area (Å²) in [5, 5.41) is 3.44. The Morgan fingerprint density at radius 1 is 1.21 bits per heavy atom. The summed E-state index contributed by atoms with van der Waals surface area (Å²) in [6.07, 6.45) is 7.10. The number of benzene rings is 1. The van der Waals surface area contributed by atoms with Crippen molar-refractivity contribution >= 4 is 0 Å². The molecule has 0 amide bonds. The van der Waals surface area contributed by atoms with Gasteiger partial charge in [0.05, 0.1) is 6.61 Å². The van der Waals surface area contributed by atoms with Gasteiger partial charge in [-0.15, -0.1) is 0 Å². The summed E-state index contributed by atoms with van der Waals surface area (Å²) in [6.45, 7) is 1.76. The van der Waals surface area contributed by atoms with Crippen LogP contribution in [0.3, 0.4) is 0 Å². The fraction of sp³-hybridized carbons (Fsp3) is 0.625. The zero-order valence-electron chi connectivity index (χ0n) is 11.3. The second-order valence-corrected chi connectivity index (χ2v) is 5.87. The van der Waals surface area contributed by atoms with Gasteiger partial charge in [0.1, 0.15) is 0 Å². The summed E-state index contributed by atoms with van der Waals surface area (Å²) >= 11 is 0. The van der Waals surface area contributed by atoms with Gasteiger partial charge in [-0.2, -0.15) is 0 Å². The van der Waals surface area contributed by atoms with Crippen LogP contribution in [0.1, 0.15) is 37.7 Å². The molecule has 2 fully saturated rings. The first-order chi connectivity index (χ1) is 9.31. The third kappa shape index (κ3) is 3.27. The smallest absolute Gasteiger partial charge is 0.165 e. The van der Waals surface area contributed by atoms with Crippen molar-refractivity contribution in [2.24, 2.45) is 5.92 Å². The summed E-state index contributed by atoms with van der Waals surface area (Å²) in [5.74, 6) is 0.839. The highest BCUT2D eigenvalue weighted by Crippen LogP contribution is 2.28. The van der Waals surface area contributed by atoms with Crippen molar-refractivity contribution in [3.05, 3.63) is 29.6 Å². The highest BCUT2D eigenvalue weighted by molar-refractivity contribution is 5.30. The van der Waals surface area contributed by atoms with Gasteiger partial charge in [-0.1, -0.05) is 12.5 Å². The number of hydrogen-bond acceptors (Lipinski definition) is 2. The van der Waals surface area contributed by atoms with Crippen LogP contribution in [0.4, 0.5) is 4.39 Å². The number of ether oxygens (including phenoxy) is 1. The fourth-order valence-electron chi connectivity index (χ4n) is 2.87. The molecule has 1 saturated heterocycles. The molecule has 1 aliphatic heterocycles. The van der Waals surface area contributed by atoms with E-state index in [9.17, 15) is 4.39 Å². The first-order valence-corrected chi connectivity index (χ1v) is 7.46. The SMILES string of the molecule is Fc1cc(CC2CCCN2)ccc1OCC1CCC1. The molecule has 2 aliphatic rings. The maximum atomic E-state index is 14.0. The summed E-state index contributed by atoms with van der Waals surface area (Å²) in [4.78, 5) is 0. The van der Waals surface area contributed by atoms with E-state index in [1.54, 1.807) is 12.1 Å². The minimum atomic E-state index is -0.213. The molecule has 1 unspecified atom stereocenters. The molecule has 1 saturated carbocycles. The summed E-state index contributed by atoms with van der Waals surface area (Å²) in [5.41, 5.74) is 1.06. The van der Waals surface area contributed by atoms with Crippen LogP contribution in [0.5, 0.6) is 5.75 Å². The number of nitrogens with one attached hydrogen (secondary N) is 1. The van der Waals surface area contributed by atoms with Gasteiger partial charge in [-0.05, 0) is 62.3 Å². The molecule has 0 spiro atoms. The Morgan fingerprint density at radius 2 is 2.11 bits per heavy atom. The Labute approximate surface area is 114 Å². The Hall–Kier alpha value is -1.09. The van der Waals surface area contributed by atoms with Gasteiger partial charge in [-0.3, -0.25) is 0 Å². The summed E-state index contributed by atoms with van der Waals surface area (Å²) in [7, 11) is 0. The molecule has 1 aromatic carbocycles. The second-order valence-electron chi connectivity index (χ2n) is 5.87. The lowest BCUT2D eigenvalue weighted by atomic mass is 9.86. The van der Waals surface area contributed by atoms with E-state index in [-0.39, 0.29) is 5.82 Å². The van der Waals surface area contributed by atoms with Crippen molar-refractivity contribution in [3.63, 3.8) is 0 Å². The molecule has 0 bridgehead atoms. The summed E-state index contributed by atoms with van der Waals surface area (Å²) in [6, 6.07) is 5.94. The van der Waals surface area contributed by atoms with E-state index in [1.807, 2.05) is 6.07 Å². The summed E-state index contributed by atoms with van der Waals surface area (Å²) < 4.78 is 19.5. The lowest BCUT2D eigenvalue weighted by Crippen LogP contribution is -2.23. The highest BCUT2D eigenvalue weighted by Gasteiger charge is 2.19. The molecular weight excluding hydrogens is 241 g/mol. The van der Waals surface area contributed by atoms with Crippen molar-refractivity contribution in [1.82, 2.24) is 5.32 Å². The molecule has 2 nitrogen and oxygen atoms in total. The minimum Gasteiger partial charge on any atom is -0.490 e. The maximum Gasteiger partial charge on any atom is 0.165 e. The third-order valence-corrected chi connectivity index (χ3v) is 4.34. The third-order valence-electron chi connectivity index (χ3n) is 4.34. The number of hydrogen-bond donors (Lipinski definition) is 1. The molecule has 0 radical (unpaired) electrons. The Kier molecular flexibility index (Phi) is 4.02. The quantitative estimate of drug-likeness (QED) is 0.880. The minimum absolute atomic E-state index is 0.213. The van der Waals surface area contributed by atoms with Crippen molar-refractivity contribution in [2.45, 2.75) is 44.6 Å². The topological polar surface area (TPSA) is 21.3 Å². The fourth-order valence-corrected chi connectivity index (χ4v) is 2.87. The predicted octanol–water partition coefficient (Wildman–Crippen LogP) is 3.30. The van der Waals surface area contributed by atoms with Crippen LogP contribution < -0.4 is 10.1 Å². The van der Waals surface area contributed by atoms with Crippen molar-refractivity contribution < 1.29 is 9.13 Å². The number of halogens is 1. The van der Waals surface area contributed by atoms with E-state index in [2.05, 4.69) is 5.32 Å². The van der Waals surface area contributed by atoms with Gasteiger partial charge in [0.25, 0.3) is 0 Å². The van der Waals surface area contributed by atoms with Gasteiger partial charge in [0.15, 0.2) is 11.6 Å². The van der Waals surface area contributed by atoms with Gasteiger partial charge in [-0.25, -0.2) is 4.39 Å². The predicted molar refractivity (Wildman–Crippen MR) is 74.0 cm³/mol. The van der Waals surface area contributed by atoms with Crippen molar-refractivity contribution in [2.75, 3.05) is 13.2 Å². The van der Waals surface area contributed by atoms with Gasteiger partial charge in [0, 0.05) is 6.04 Å². The molecule has 1 aliphatic carbocycles. The molecule has 3 heteroatoms. The largest absolute Gasteiger partial charge is 0.490 e. The zero-order chi connectivity index (χ0) is 13.1. The molecule has 3 rings (SSSR count). The zero-order valence-corrected chi connectivity index (χ0v) is 11.3. The molecule has 19 heavy (non-hydrogen) atoms. The van der Waals surface area contributed by atoms with Crippen LogP contribution >= 0.6 is 0 Å². The van der Waals surface area contributed by atoms with Gasteiger partial charge < -0.3 is 10.1 Å². The first-order valence-electron chi connectivity index (χ1n) is 7.46. The van der Waals surface area contributed by atoms with Crippen molar-refractivity contribution in [1.29, 1.82) is 0 Å². The monoisotopic (exact) mass is 263 g/mol. The van der Waals surface area contributed by atoms with Crippen LogP contribution in [0, 0.1) is 11.7 Å². The molecule has 1 aromatic rings. The van der Waals surface area contributed by atoms with Crippen LogP contribution in [0.2, 0.25) is 0 Å². The van der Waals surface area contributed by atoms with Gasteiger partial charge in [0.2, 0.25) is 0 Å². The van der Waals surface area contributed by atoms with Gasteiger partial charge >= 0.3 is 0 Å².